The largest absolute Gasteiger partial charge is 0.479 e. The Morgan fingerprint density at radius 1 is 1.30 bits per heavy atom. The molecule has 3 aromatic rings. The Bertz CT molecular complexity index is 1170. The fourth-order valence-electron chi connectivity index (χ4n) is 2.83. The summed E-state index contributed by atoms with van der Waals surface area (Å²) >= 11 is 3.40. The van der Waals surface area contributed by atoms with Gasteiger partial charge in [-0.15, -0.1) is 0 Å². The van der Waals surface area contributed by atoms with Crippen molar-refractivity contribution in [1.82, 2.24) is 9.66 Å². The maximum atomic E-state index is 13.1. The second-order valence-corrected chi connectivity index (χ2v) is 7.89. The topological polar surface area (TPSA) is 93.8 Å². The zero-order chi connectivity index (χ0) is 21.8. The van der Waals surface area contributed by atoms with Crippen LogP contribution in [0.2, 0.25) is 0 Å². The van der Waals surface area contributed by atoms with Crippen molar-refractivity contribution in [2.24, 2.45) is 5.10 Å². The number of hydrogen-bond acceptors (Lipinski definition) is 5. The van der Waals surface area contributed by atoms with Crippen LogP contribution < -0.4 is 10.3 Å². The van der Waals surface area contributed by atoms with Crippen LogP contribution in [-0.4, -0.2) is 33.1 Å². The third-order valence-corrected chi connectivity index (χ3v) is 5.22. The van der Waals surface area contributed by atoms with Gasteiger partial charge in [-0.05, 0) is 49.2 Å². The summed E-state index contributed by atoms with van der Waals surface area (Å²) in [7, 11) is 0. The molecule has 0 bridgehead atoms. The van der Waals surface area contributed by atoms with E-state index >= 15 is 0 Å². The van der Waals surface area contributed by atoms with E-state index in [2.05, 4.69) is 26.0 Å². The summed E-state index contributed by atoms with van der Waals surface area (Å²) in [6.07, 6.45) is 1.37. The number of carbonyl (C=O) groups is 1. The zero-order valence-electron chi connectivity index (χ0n) is 16.9. The van der Waals surface area contributed by atoms with Crippen LogP contribution in [0.3, 0.4) is 0 Å². The lowest BCUT2D eigenvalue weighted by molar-refractivity contribution is -0.144. The lowest BCUT2D eigenvalue weighted by atomic mass is 10.1. The quantitative estimate of drug-likeness (QED) is 0.515. The van der Waals surface area contributed by atoms with E-state index in [1.807, 2.05) is 26.0 Å². The molecule has 156 valence electrons. The number of carboxylic acids is 1. The van der Waals surface area contributed by atoms with Gasteiger partial charge in [-0.1, -0.05) is 41.9 Å². The normalized spacial score (nSPS) is 13.5. The second kappa shape index (κ2) is 9.21. The highest BCUT2D eigenvalue weighted by Gasteiger charge is 2.16. The fourth-order valence-corrected chi connectivity index (χ4v) is 3.19. The minimum atomic E-state index is -1.05. The van der Waals surface area contributed by atoms with E-state index in [0.29, 0.717) is 28.0 Å². The van der Waals surface area contributed by atoms with Crippen LogP contribution in [0.25, 0.3) is 10.9 Å². The van der Waals surface area contributed by atoms with Gasteiger partial charge >= 0.3 is 5.97 Å². The smallest absolute Gasteiger partial charge is 0.344 e. The van der Waals surface area contributed by atoms with Gasteiger partial charge < -0.3 is 9.84 Å². The van der Waals surface area contributed by atoms with Gasteiger partial charge in [-0.3, -0.25) is 4.79 Å². The molecule has 0 aliphatic rings. The minimum Gasteiger partial charge on any atom is -0.479 e. The average molecular weight is 472 g/mol. The van der Waals surface area contributed by atoms with E-state index in [1.54, 1.807) is 30.3 Å². The first-order chi connectivity index (χ1) is 14.3. The van der Waals surface area contributed by atoms with Crippen molar-refractivity contribution in [3.05, 3.63) is 68.7 Å². The van der Waals surface area contributed by atoms with Gasteiger partial charge in [0, 0.05) is 10.4 Å². The molecule has 30 heavy (non-hydrogen) atoms. The molecule has 0 fully saturated rings. The first-order valence-electron chi connectivity index (χ1n) is 9.56. The Kier molecular flexibility index (Phi) is 6.66. The standard InChI is InChI=1S/C22H22BrN3O4/c1-4-13(2)20-25-19-9-8-16(23)11-18(19)21(27)26(20)24-12-15-6-5-7-17(10-15)30-14(3)22(28)29/h5-14H,4H2,1-3H3,(H,28,29)/t13-,14+/m0/s1. The Morgan fingerprint density at radius 3 is 2.77 bits per heavy atom. The van der Waals surface area contributed by atoms with Crippen molar-refractivity contribution in [3.63, 3.8) is 0 Å². The van der Waals surface area contributed by atoms with Crippen molar-refractivity contribution >= 4 is 39.0 Å². The van der Waals surface area contributed by atoms with Crippen molar-refractivity contribution in [3.8, 4) is 5.75 Å². The predicted molar refractivity (Wildman–Crippen MR) is 120 cm³/mol. The molecule has 8 heteroatoms. The highest BCUT2D eigenvalue weighted by molar-refractivity contribution is 9.10. The summed E-state index contributed by atoms with van der Waals surface area (Å²) in [5, 5.41) is 13.9. The molecular formula is C22H22BrN3O4. The van der Waals surface area contributed by atoms with Crippen LogP contribution in [0.4, 0.5) is 0 Å². The lowest BCUT2D eigenvalue weighted by Crippen LogP contribution is -2.24. The lowest BCUT2D eigenvalue weighted by Gasteiger charge is -2.14. The number of benzene rings is 2. The van der Waals surface area contributed by atoms with Crippen LogP contribution in [0.5, 0.6) is 5.75 Å². The van der Waals surface area contributed by atoms with E-state index in [9.17, 15) is 9.59 Å². The molecule has 1 heterocycles. The number of rotatable bonds is 7. The number of aromatic nitrogens is 2. The molecular weight excluding hydrogens is 450 g/mol. The average Bonchev–Trinajstić information content (AvgIpc) is 2.73. The summed E-state index contributed by atoms with van der Waals surface area (Å²) in [5.41, 5.74) is 1.05. The van der Waals surface area contributed by atoms with Crippen molar-refractivity contribution < 1.29 is 14.6 Å². The summed E-state index contributed by atoms with van der Waals surface area (Å²) in [6, 6.07) is 12.3. The Labute approximate surface area is 182 Å². The van der Waals surface area contributed by atoms with Crippen LogP contribution in [0.15, 0.2) is 56.8 Å². The molecule has 1 aromatic heterocycles. The number of aliphatic carboxylic acids is 1. The molecule has 2 aromatic carbocycles. The Morgan fingerprint density at radius 2 is 2.07 bits per heavy atom. The van der Waals surface area contributed by atoms with Gasteiger partial charge in [0.05, 0.1) is 17.1 Å². The first kappa shape index (κ1) is 21.7. The van der Waals surface area contributed by atoms with Crippen LogP contribution >= 0.6 is 15.9 Å². The molecule has 0 aliphatic carbocycles. The van der Waals surface area contributed by atoms with E-state index in [1.165, 1.54) is 17.8 Å². The molecule has 2 atom stereocenters. The number of carboxylic acid groups (broad SMARTS) is 1. The molecule has 0 spiro atoms. The van der Waals surface area contributed by atoms with Gasteiger partial charge in [0.2, 0.25) is 0 Å². The maximum absolute atomic E-state index is 13.1. The van der Waals surface area contributed by atoms with E-state index in [-0.39, 0.29) is 11.5 Å². The Hall–Kier alpha value is -3.00. The number of hydrogen-bond donors (Lipinski definition) is 1. The van der Waals surface area contributed by atoms with Crippen LogP contribution in [0, 0.1) is 0 Å². The molecule has 0 radical (unpaired) electrons. The molecule has 1 N–H and O–H groups in total. The van der Waals surface area contributed by atoms with E-state index < -0.39 is 12.1 Å². The predicted octanol–water partition coefficient (Wildman–Crippen LogP) is 4.41. The van der Waals surface area contributed by atoms with E-state index in [0.717, 1.165) is 10.9 Å². The highest BCUT2D eigenvalue weighted by Crippen LogP contribution is 2.21. The fraction of sp³-hybridized carbons (Fsp3) is 0.273. The van der Waals surface area contributed by atoms with Gasteiger partial charge in [-0.25, -0.2) is 9.78 Å². The minimum absolute atomic E-state index is 0.0361. The highest BCUT2D eigenvalue weighted by atomic mass is 79.9. The number of halogens is 1. The summed E-state index contributed by atoms with van der Waals surface area (Å²) < 4.78 is 7.51. The zero-order valence-corrected chi connectivity index (χ0v) is 18.5. The monoisotopic (exact) mass is 471 g/mol. The SMILES string of the molecule is CC[C@H](C)c1nc2ccc(Br)cc2c(=O)n1N=Cc1cccc(O[C@H](C)C(=O)O)c1. The number of fused-ring (bicyclic) bond motifs is 1. The molecule has 7 nitrogen and oxygen atoms in total. The molecule has 0 aliphatic heterocycles. The third-order valence-electron chi connectivity index (χ3n) is 4.73. The van der Waals surface area contributed by atoms with Crippen molar-refractivity contribution in [2.45, 2.75) is 39.2 Å². The van der Waals surface area contributed by atoms with Gasteiger partial charge in [0.25, 0.3) is 5.56 Å². The van der Waals surface area contributed by atoms with Crippen molar-refractivity contribution in [1.29, 1.82) is 0 Å². The molecule has 0 saturated heterocycles. The van der Waals surface area contributed by atoms with Crippen LogP contribution in [0.1, 0.15) is 44.5 Å². The third kappa shape index (κ3) is 4.76. The first-order valence-corrected chi connectivity index (χ1v) is 10.4. The number of ether oxygens (including phenoxy) is 1. The summed E-state index contributed by atoms with van der Waals surface area (Å²) in [4.78, 5) is 28.8. The molecule has 0 saturated carbocycles. The second-order valence-electron chi connectivity index (χ2n) is 6.97. The van der Waals surface area contributed by atoms with Crippen LogP contribution in [-0.2, 0) is 4.79 Å². The van der Waals surface area contributed by atoms with Crippen molar-refractivity contribution in [2.75, 3.05) is 0 Å². The Balaban J connectivity index is 2.04. The molecule has 3 rings (SSSR count). The van der Waals surface area contributed by atoms with Gasteiger partial charge in [0.15, 0.2) is 6.10 Å². The molecule has 0 amide bonds. The number of nitrogens with zero attached hydrogens (tertiary/aromatic N) is 3. The van der Waals surface area contributed by atoms with Gasteiger partial charge in [0.1, 0.15) is 11.6 Å². The maximum Gasteiger partial charge on any atom is 0.344 e. The van der Waals surface area contributed by atoms with Gasteiger partial charge in [-0.2, -0.15) is 9.78 Å². The molecule has 0 unspecified atom stereocenters. The summed E-state index contributed by atoms with van der Waals surface area (Å²) in [6.45, 7) is 5.49. The van der Waals surface area contributed by atoms with E-state index in [4.69, 9.17) is 9.84 Å². The summed E-state index contributed by atoms with van der Waals surface area (Å²) in [5.74, 6) is -0.0226.